The first-order chi connectivity index (χ1) is 7.05. The molecular formula is C11H21N3Si. The van der Waals surface area contributed by atoms with E-state index in [1.54, 1.807) is 0 Å². The van der Waals surface area contributed by atoms with E-state index in [0.29, 0.717) is 0 Å². The van der Waals surface area contributed by atoms with Crippen molar-refractivity contribution in [2.45, 2.75) is 32.1 Å². The van der Waals surface area contributed by atoms with Crippen LogP contribution in [0.1, 0.15) is 12.1 Å². The fraction of sp³-hybridized carbons (Fsp3) is 0.727. The standard InChI is InChI=1S/C11H21N3Si/c1-13-7-11(12-9-13)8-14-5-4-6-15(2,3)10-14/h7,9H,4-6,8,10H2,1-3H3. The second-order valence-corrected chi connectivity index (χ2v) is 10.7. The van der Waals surface area contributed by atoms with E-state index in [0.717, 1.165) is 6.54 Å². The number of imidazole rings is 1. The lowest BCUT2D eigenvalue weighted by molar-refractivity contribution is 0.287. The Kier molecular flexibility index (Phi) is 2.98. The zero-order valence-corrected chi connectivity index (χ0v) is 11.0. The van der Waals surface area contributed by atoms with Gasteiger partial charge in [-0.2, -0.15) is 0 Å². The van der Waals surface area contributed by atoms with Crippen molar-refractivity contribution < 1.29 is 0 Å². The van der Waals surface area contributed by atoms with Gasteiger partial charge >= 0.3 is 0 Å². The summed E-state index contributed by atoms with van der Waals surface area (Å²) >= 11 is 0. The van der Waals surface area contributed by atoms with Crippen LogP contribution in [0.25, 0.3) is 0 Å². The molecule has 1 aromatic heterocycles. The molecule has 0 aliphatic carbocycles. The molecule has 0 aromatic carbocycles. The van der Waals surface area contributed by atoms with Crippen molar-refractivity contribution >= 4 is 8.07 Å². The highest BCUT2D eigenvalue weighted by Gasteiger charge is 2.28. The Bertz CT molecular complexity index is 332. The zero-order chi connectivity index (χ0) is 10.9. The van der Waals surface area contributed by atoms with Crippen LogP contribution in [0.2, 0.25) is 19.1 Å². The summed E-state index contributed by atoms with van der Waals surface area (Å²) < 4.78 is 2.03. The van der Waals surface area contributed by atoms with Gasteiger partial charge < -0.3 is 9.47 Å². The Morgan fingerprint density at radius 1 is 1.47 bits per heavy atom. The van der Waals surface area contributed by atoms with Crippen LogP contribution >= 0.6 is 0 Å². The van der Waals surface area contributed by atoms with Crippen molar-refractivity contribution in [2.75, 3.05) is 12.7 Å². The lowest BCUT2D eigenvalue weighted by Crippen LogP contribution is -2.47. The average molecular weight is 223 g/mol. The summed E-state index contributed by atoms with van der Waals surface area (Å²) in [5.74, 6) is 0. The summed E-state index contributed by atoms with van der Waals surface area (Å²) in [4.78, 5) is 6.98. The van der Waals surface area contributed by atoms with Crippen LogP contribution in [0.5, 0.6) is 0 Å². The van der Waals surface area contributed by atoms with Crippen molar-refractivity contribution in [3.05, 3.63) is 18.2 Å². The van der Waals surface area contributed by atoms with Crippen LogP contribution in [0.15, 0.2) is 12.5 Å². The van der Waals surface area contributed by atoms with E-state index in [2.05, 4.69) is 29.2 Å². The average Bonchev–Trinajstić information content (AvgIpc) is 2.49. The van der Waals surface area contributed by atoms with Gasteiger partial charge in [0.2, 0.25) is 0 Å². The van der Waals surface area contributed by atoms with Crippen LogP contribution in [0.4, 0.5) is 0 Å². The predicted octanol–water partition coefficient (Wildman–Crippen LogP) is 1.87. The lowest BCUT2D eigenvalue weighted by Gasteiger charge is -2.36. The summed E-state index contributed by atoms with van der Waals surface area (Å²) in [6.45, 7) is 7.29. The Labute approximate surface area is 93.1 Å². The minimum Gasteiger partial charge on any atom is -0.340 e. The number of nitrogens with zero attached hydrogens (tertiary/aromatic N) is 3. The minimum atomic E-state index is -0.909. The largest absolute Gasteiger partial charge is 0.340 e. The van der Waals surface area contributed by atoms with E-state index in [9.17, 15) is 0 Å². The van der Waals surface area contributed by atoms with Gasteiger partial charge in [0.1, 0.15) is 0 Å². The third-order valence-electron chi connectivity index (χ3n) is 3.12. The molecule has 0 atom stereocenters. The van der Waals surface area contributed by atoms with Crippen molar-refractivity contribution in [2.24, 2.45) is 7.05 Å². The number of hydrogen-bond donors (Lipinski definition) is 0. The van der Waals surface area contributed by atoms with Crippen molar-refractivity contribution in [3.63, 3.8) is 0 Å². The van der Waals surface area contributed by atoms with Gasteiger partial charge in [0.25, 0.3) is 0 Å². The highest BCUT2D eigenvalue weighted by Crippen LogP contribution is 2.21. The third-order valence-corrected chi connectivity index (χ3v) is 6.13. The summed E-state index contributed by atoms with van der Waals surface area (Å²) in [5, 5.41) is 0. The Hall–Kier alpha value is -0.613. The molecule has 4 heteroatoms. The highest BCUT2D eigenvalue weighted by molar-refractivity contribution is 6.77. The number of aryl methyl sites for hydroxylation is 1. The van der Waals surface area contributed by atoms with E-state index >= 15 is 0 Å². The third kappa shape index (κ3) is 2.92. The van der Waals surface area contributed by atoms with Crippen LogP contribution in [-0.2, 0) is 13.6 Å². The quantitative estimate of drug-likeness (QED) is 0.714. The van der Waals surface area contributed by atoms with E-state index in [1.807, 2.05) is 17.9 Å². The maximum Gasteiger partial charge on any atom is 0.0947 e. The summed E-state index contributed by atoms with van der Waals surface area (Å²) in [7, 11) is 1.12. The van der Waals surface area contributed by atoms with Crippen LogP contribution < -0.4 is 0 Å². The van der Waals surface area contributed by atoms with Gasteiger partial charge in [-0.1, -0.05) is 19.1 Å². The molecule has 0 spiro atoms. The van der Waals surface area contributed by atoms with Crippen LogP contribution in [0.3, 0.4) is 0 Å². The minimum absolute atomic E-state index is 0.909. The van der Waals surface area contributed by atoms with Gasteiger partial charge in [-0.25, -0.2) is 4.98 Å². The van der Waals surface area contributed by atoms with E-state index in [4.69, 9.17) is 0 Å². The number of rotatable bonds is 2. The first-order valence-electron chi connectivity index (χ1n) is 5.74. The van der Waals surface area contributed by atoms with Gasteiger partial charge in [-0.05, 0) is 19.1 Å². The molecule has 1 aromatic rings. The van der Waals surface area contributed by atoms with Gasteiger partial charge in [0.15, 0.2) is 0 Å². The molecule has 0 amide bonds. The van der Waals surface area contributed by atoms with Crippen molar-refractivity contribution in [1.29, 1.82) is 0 Å². The van der Waals surface area contributed by atoms with E-state index in [1.165, 1.54) is 30.9 Å². The second kappa shape index (κ2) is 4.10. The summed E-state index contributed by atoms with van der Waals surface area (Å²) in [6.07, 6.45) is 6.74. The molecule has 0 saturated carbocycles. The van der Waals surface area contributed by atoms with Gasteiger partial charge in [0, 0.05) is 19.8 Å². The zero-order valence-electron chi connectivity index (χ0n) is 10.0. The summed E-state index contributed by atoms with van der Waals surface area (Å²) in [5.41, 5.74) is 1.21. The monoisotopic (exact) mass is 223 g/mol. The van der Waals surface area contributed by atoms with E-state index < -0.39 is 8.07 Å². The van der Waals surface area contributed by atoms with Crippen molar-refractivity contribution in [1.82, 2.24) is 14.5 Å². The first-order valence-corrected chi connectivity index (χ1v) is 9.16. The van der Waals surface area contributed by atoms with Crippen molar-refractivity contribution in [3.8, 4) is 0 Å². The fourth-order valence-electron chi connectivity index (χ4n) is 2.46. The Balaban J connectivity index is 1.95. The van der Waals surface area contributed by atoms with Crippen LogP contribution in [-0.4, -0.2) is 35.2 Å². The highest BCUT2D eigenvalue weighted by atomic mass is 28.3. The van der Waals surface area contributed by atoms with Crippen LogP contribution in [0, 0.1) is 0 Å². The molecule has 2 rings (SSSR count). The Morgan fingerprint density at radius 2 is 2.27 bits per heavy atom. The SMILES string of the molecule is Cn1cnc(CN2CCC[Si](C)(C)C2)c1. The number of hydrogen-bond acceptors (Lipinski definition) is 2. The molecule has 3 nitrogen and oxygen atoms in total. The predicted molar refractivity (Wildman–Crippen MR) is 65.4 cm³/mol. The molecule has 0 radical (unpaired) electrons. The molecule has 15 heavy (non-hydrogen) atoms. The normalized spacial score (nSPS) is 21.8. The first kappa shape index (κ1) is 10.9. The van der Waals surface area contributed by atoms with Gasteiger partial charge in [0.05, 0.1) is 20.1 Å². The molecule has 1 aliphatic heterocycles. The second-order valence-electron chi connectivity index (χ2n) is 5.51. The van der Waals surface area contributed by atoms with Gasteiger partial charge in [-0.15, -0.1) is 0 Å². The molecular weight excluding hydrogens is 202 g/mol. The molecule has 1 fully saturated rings. The Morgan fingerprint density at radius 3 is 2.87 bits per heavy atom. The maximum absolute atomic E-state index is 4.39. The molecule has 2 heterocycles. The molecule has 0 bridgehead atoms. The van der Waals surface area contributed by atoms with E-state index in [-0.39, 0.29) is 0 Å². The molecule has 0 unspecified atom stereocenters. The number of aromatic nitrogens is 2. The fourth-order valence-corrected chi connectivity index (χ4v) is 5.21. The molecule has 84 valence electrons. The lowest BCUT2D eigenvalue weighted by atomic mass is 10.4. The van der Waals surface area contributed by atoms with Gasteiger partial charge in [-0.3, -0.25) is 0 Å². The topological polar surface area (TPSA) is 21.1 Å². The molecule has 0 N–H and O–H groups in total. The molecule has 1 saturated heterocycles. The smallest absolute Gasteiger partial charge is 0.0947 e. The maximum atomic E-state index is 4.39. The molecule has 1 aliphatic rings. The summed E-state index contributed by atoms with van der Waals surface area (Å²) in [6, 6.07) is 1.49.